The summed E-state index contributed by atoms with van der Waals surface area (Å²) in [7, 11) is 6.18. The minimum atomic E-state index is 0.0493. The van der Waals surface area contributed by atoms with Gasteiger partial charge in [-0.05, 0) is 52.5 Å². The second-order valence-electron chi connectivity index (χ2n) is 7.55. The minimum Gasteiger partial charge on any atom is -0.353 e. The summed E-state index contributed by atoms with van der Waals surface area (Å²) in [6.07, 6.45) is 0.995. The SMILES string of the molecule is Cc1ccc(CN2C[C@H]3C[C@H](C(=O)NCCN(C)C)N(C)[C@H]3C2)s1. The molecule has 0 saturated carbocycles. The van der Waals surface area contributed by atoms with Gasteiger partial charge < -0.3 is 10.2 Å². The van der Waals surface area contributed by atoms with Crippen LogP contribution in [0.15, 0.2) is 12.1 Å². The lowest BCUT2D eigenvalue weighted by Gasteiger charge is -2.26. The molecule has 3 heterocycles. The third-order valence-electron chi connectivity index (χ3n) is 5.36. The maximum Gasteiger partial charge on any atom is 0.237 e. The first-order valence-electron chi connectivity index (χ1n) is 8.86. The summed E-state index contributed by atoms with van der Waals surface area (Å²) in [6.45, 7) is 7.05. The van der Waals surface area contributed by atoms with Crippen molar-refractivity contribution in [3.05, 3.63) is 21.9 Å². The van der Waals surface area contributed by atoms with Gasteiger partial charge in [0.1, 0.15) is 0 Å². The number of carbonyl (C=O) groups excluding carboxylic acids is 1. The molecule has 5 nitrogen and oxygen atoms in total. The molecule has 1 aromatic heterocycles. The van der Waals surface area contributed by atoms with Crippen molar-refractivity contribution in [2.45, 2.75) is 32.0 Å². The predicted molar refractivity (Wildman–Crippen MR) is 99.3 cm³/mol. The van der Waals surface area contributed by atoms with Gasteiger partial charge in [-0.3, -0.25) is 14.6 Å². The molecule has 0 spiro atoms. The van der Waals surface area contributed by atoms with E-state index in [2.05, 4.69) is 46.1 Å². The van der Waals surface area contributed by atoms with Crippen molar-refractivity contribution in [1.29, 1.82) is 0 Å². The number of amides is 1. The van der Waals surface area contributed by atoms with Crippen LogP contribution in [0.1, 0.15) is 16.2 Å². The van der Waals surface area contributed by atoms with E-state index < -0.39 is 0 Å². The van der Waals surface area contributed by atoms with Gasteiger partial charge in [-0.1, -0.05) is 0 Å². The van der Waals surface area contributed by atoms with E-state index in [4.69, 9.17) is 0 Å². The fourth-order valence-electron chi connectivity index (χ4n) is 4.05. The van der Waals surface area contributed by atoms with Crippen LogP contribution in [0.3, 0.4) is 0 Å². The lowest BCUT2D eigenvalue weighted by Crippen LogP contribution is -2.46. The van der Waals surface area contributed by atoms with Crippen molar-refractivity contribution in [1.82, 2.24) is 20.0 Å². The van der Waals surface area contributed by atoms with Crippen molar-refractivity contribution in [3.63, 3.8) is 0 Å². The first-order valence-corrected chi connectivity index (χ1v) is 9.67. The van der Waals surface area contributed by atoms with Crippen molar-refractivity contribution in [3.8, 4) is 0 Å². The van der Waals surface area contributed by atoms with E-state index in [9.17, 15) is 4.79 Å². The fourth-order valence-corrected chi connectivity index (χ4v) is 4.98. The molecule has 24 heavy (non-hydrogen) atoms. The van der Waals surface area contributed by atoms with Crippen LogP contribution in [0, 0.1) is 12.8 Å². The Morgan fingerprint density at radius 1 is 1.38 bits per heavy atom. The van der Waals surface area contributed by atoms with Crippen LogP contribution in [-0.4, -0.2) is 80.0 Å². The molecular formula is C18H30N4OS. The molecule has 0 aromatic carbocycles. The highest BCUT2D eigenvalue weighted by Gasteiger charge is 2.46. The molecule has 6 heteroatoms. The summed E-state index contributed by atoms with van der Waals surface area (Å²) >= 11 is 1.90. The van der Waals surface area contributed by atoms with E-state index in [0.29, 0.717) is 12.0 Å². The summed E-state index contributed by atoms with van der Waals surface area (Å²) in [5.74, 6) is 0.829. The van der Waals surface area contributed by atoms with E-state index in [1.165, 1.54) is 9.75 Å². The van der Waals surface area contributed by atoms with Gasteiger partial charge in [-0.2, -0.15) is 0 Å². The second-order valence-corrected chi connectivity index (χ2v) is 8.92. The van der Waals surface area contributed by atoms with Crippen molar-refractivity contribution < 1.29 is 4.79 Å². The summed E-state index contributed by atoms with van der Waals surface area (Å²) in [4.78, 5) is 22.3. The molecule has 2 saturated heterocycles. The Balaban J connectivity index is 1.49. The van der Waals surface area contributed by atoms with E-state index in [1.54, 1.807) is 0 Å². The lowest BCUT2D eigenvalue weighted by molar-refractivity contribution is -0.125. The second kappa shape index (κ2) is 7.52. The number of thiophene rings is 1. The van der Waals surface area contributed by atoms with Gasteiger partial charge in [0.2, 0.25) is 5.91 Å². The number of aryl methyl sites for hydroxylation is 1. The average Bonchev–Trinajstić information content (AvgIpc) is 3.16. The number of likely N-dealkylation sites (N-methyl/N-ethyl adjacent to an activating group) is 2. The number of rotatable bonds is 6. The first kappa shape index (κ1) is 17.9. The van der Waals surface area contributed by atoms with Gasteiger partial charge in [-0.15, -0.1) is 11.3 Å². The normalized spacial score (nSPS) is 27.8. The van der Waals surface area contributed by atoms with Gasteiger partial charge in [0.25, 0.3) is 0 Å². The molecule has 2 fully saturated rings. The van der Waals surface area contributed by atoms with Crippen LogP contribution in [-0.2, 0) is 11.3 Å². The minimum absolute atomic E-state index is 0.0493. The third kappa shape index (κ3) is 3.99. The number of likely N-dealkylation sites (tertiary alicyclic amines) is 2. The number of hydrogen-bond donors (Lipinski definition) is 1. The largest absolute Gasteiger partial charge is 0.353 e. The number of nitrogens with zero attached hydrogens (tertiary/aromatic N) is 3. The highest BCUT2D eigenvalue weighted by molar-refractivity contribution is 7.11. The van der Waals surface area contributed by atoms with Crippen LogP contribution >= 0.6 is 11.3 Å². The molecule has 0 bridgehead atoms. The molecular weight excluding hydrogens is 320 g/mol. The molecule has 2 aliphatic rings. The summed E-state index contributed by atoms with van der Waals surface area (Å²) in [5, 5.41) is 3.10. The number of nitrogens with one attached hydrogen (secondary N) is 1. The first-order chi connectivity index (χ1) is 11.4. The molecule has 3 atom stereocenters. The molecule has 0 radical (unpaired) electrons. The maximum atomic E-state index is 12.5. The molecule has 134 valence electrons. The van der Waals surface area contributed by atoms with E-state index in [-0.39, 0.29) is 11.9 Å². The molecule has 0 unspecified atom stereocenters. The van der Waals surface area contributed by atoms with Crippen LogP contribution in [0.5, 0.6) is 0 Å². The summed E-state index contributed by atoms with van der Waals surface area (Å²) in [6, 6.07) is 5.03. The van der Waals surface area contributed by atoms with Crippen LogP contribution in [0.25, 0.3) is 0 Å². The van der Waals surface area contributed by atoms with Gasteiger partial charge in [0.05, 0.1) is 6.04 Å². The fraction of sp³-hybridized carbons (Fsp3) is 0.722. The van der Waals surface area contributed by atoms with Gasteiger partial charge in [0, 0.05) is 48.5 Å². The topological polar surface area (TPSA) is 38.8 Å². The van der Waals surface area contributed by atoms with Gasteiger partial charge in [0.15, 0.2) is 0 Å². The third-order valence-corrected chi connectivity index (χ3v) is 6.34. The molecule has 1 aromatic rings. The molecule has 2 aliphatic heterocycles. The standard InChI is InChI=1S/C18H30N4OS/c1-13-5-6-15(24-13)11-22-10-14-9-16(21(4)17(14)12-22)18(23)19-7-8-20(2)3/h5-6,14,16-17H,7-12H2,1-4H3,(H,19,23)/t14-,16-,17+/m1/s1. The summed E-state index contributed by atoms with van der Waals surface area (Å²) in [5.41, 5.74) is 0. The van der Waals surface area contributed by atoms with E-state index >= 15 is 0 Å². The highest BCUT2D eigenvalue weighted by atomic mass is 32.1. The zero-order valence-corrected chi connectivity index (χ0v) is 16.1. The lowest BCUT2D eigenvalue weighted by atomic mass is 10.0. The van der Waals surface area contributed by atoms with Crippen molar-refractivity contribution in [2.24, 2.45) is 5.92 Å². The number of hydrogen-bond acceptors (Lipinski definition) is 5. The Kier molecular flexibility index (Phi) is 5.59. The van der Waals surface area contributed by atoms with Crippen molar-refractivity contribution >= 4 is 17.2 Å². The smallest absolute Gasteiger partial charge is 0.237 e. The molecule has 1 amide bonds. The number of carbonyl (C=O) groups is 1. The maximum absolute atomic E-state index is 12.5. The van der Waals surface area contributed by atoms with Gasteiger partial charge >= 0.3 is 0 Å². The summed E-state index contributed by atoms with van der Waals surface area (Å²) < 4.78 is 0. The van der Waals surface area contributed by atoms with Crippen LogP contribution in [0.2, 0.25) is 0 Å². The highest BCUT2D eigenvalue weighted by Crippen LogP contribution is 2.35. The Morgan fingerprint density at radius 3 is 2.79 bits per heavy atom. The number of fused-ring (bicyclic) bond motifs is 1. The van der Waals surface area contributed by atoms with Gasteiger partial charge in [-0.25, -0.2) is 0 Å². The van der Waals surface area contributed by atoms with Crippen LogP contribution < -0.4 is 5.32 Å². The quantitative estimate of drug-likeness (QED) is 0.838. The zero-order chi connectivity index (χ0) is 17.3. The van der Waals surface area contributed by atoms with Crippen LogP contribution in [0.4, 0.5) is 0 Å². The molecule has 1 N–H and O–H groups in total. The monoisotopic (exact) mass is 350 g/mol. The molecule has 3 rings (SSSR count). The van der Waals surface area contributed by atoms with Crippen molar-refractivity contribution in [2.75, 3.05) is 47.3 Å². The van der Waals surface area contributed by atoms with E-state index in [1.807, 2.05) is 25.4 Å². The Hall–Kier alpha value is -0.950. The zero-order valence-electron chi connectivity index (χ0n) is 15.3. The Morgan fingerprint density at radius 2 is 2.17 bits per heavy atom. The Labute approximate surface area is 149 Å². The average molecular weight is 351 g/mol. The Bertz CT molecular complexity index is 573. The predicted octanol–water partition coefficient (Wildman–Crippen LogP) is 1.24. The molecule has 0 aliphatic carbocycles. The van der Waals surface area contributed by atoms with E-state index in [0.717, 1.165) is 39.1 Å².